The molecule has 1 saturated heterocycles. The van der Waals surface area contributed by atoms with Crippen LogP contribution in [0.5, 0.6) is 5.75 Å². The zero-order valence-electron chi connectivity index (χ0n) is 14.9. The van der Waals surface area contributed by atoms with Crippen molar-refractivity contribution in [1.29, 1.82) is 0 Å². The second-order valence-electron chi connectivity index (χ2n) is 8.02. The van der Waals surface area contributed by atoms with Crippen molar-refractivity contribution in [3.8, 4) is 5.75 Å². The number of ether oxygens (including phenoxy) is 1. The molecule has 2 aliphatic rings. The van der Waals surface area contributed by atoms with Crippen molar-refractivity contribution in [1.82, 2.24) is 0 Å². The van der Waals surface area contributed by atoms with E-state index in [9.17, 15) is 4.79 Å². The molecule has 24 heavy (non-hydrogen) atoms. The van der Waals surface area contributed by atoms with E-state index in [1.54, 1.807) is 0 Å². The predicted molar refractivity (Wildman–Crippen MR) is 93.4 cm³/mol. The Morgan fingerprint density at radius 1 is 1.12 bits per heavy atom. The minimum Gasteiger partial charge on any atom is -0.492 e. The van der Waals surface area contributed by atoms with E-state index < -0.39 is 5.54 Å². The summed E-state index contributed by atoms with van der Waals surface area (Å²) >= 11 is 0. The van der Waals surface area contributed by atoms with Gasteiger partial charge < -0.3 is 19.8 Å². The molecular weight excluding hydrogens is 305 g/mol. The molecular formula is C18H26BNO4. The average molecular weight is 331 g/mol. The molecule has 0 aromatic heterocycles. The Balaban J connectivity index is 1.61. The van der Waals surface area contributed by atoms with Crippen molar-refractivity contribution in [2.45, 2.75) is 63.7 Å². The largest absolute Gasteiger partial charge is 0.494 e. The quantitative estimate of drug-likeness (QED) is 0.852. The number of carbonyl (C=O) groups excluding carboxylic acids is 1. The molecule has 130 valence electrons. The Bertz CT molecular complexity index is 612. The first-order chi connectivity index (χ1) is 11.1. The minimum atomic E-state index is -0.526. The topological polar surface area (TPSA) is 70.8 Å². The molecule has 1 aromatic rings. The first kappa shape index (κ1) is 17.5. The fraction of sp³-hybridized carbons (Fsp3) is 0.611. The lowest BCUT2D eigenvalue weighted by Crippen LogP contribution is -2.43. The highest BCUT2D eigenvalue weighted by Gasteiger charge is 2.51. The fourth-order valence-electron chi connectivity index (χ4n) is 3.01. The van der Waals surface area contributed by atoms with Gasteiger partial charge in [0.1, 0.15) is 18.1 Å². The van der Waals surface area contributed by atoms with Crippen molar-refractivity contribution in [3.05, 3.63) is 24.3 Å². The number of hydrogen-bond donors (Lipinski definition) is 1. The molecule has 0 amide bonds. The second-order valence-corrected chi connectivity index (χ2v) is 8.02. The third kappa shape index (κ3) is 3.36. The second kappa shape index (κ2) is 5.86. The number of Topliss-reactive ketones (excluding diaryl/α,β-unsaturated/α-hetero) is 1. The van der Waals surface area contributed by atoms with Crippen LogP contribution in [0.1, 0.15) is 47.0 Å². The predicted octanol–water partition coefficient (Wildman–Crippen LogP) is 1.82. The summed E-state index contributed by atoms with van der Waals surface area (Å²) in [5.74, 6) is 0.955. The van der Waals surface area contributed by atoms with Gasteiger partial charge in [-0.2, -0.15) is 0 Å². The molecule has 0 radical (unpaired) electrons. The molecule has 2 N–H and O–H groups in total. The van der Waals surface area contributed by atoms with Crippen LogP contribution in [0.3, 0.4) is 0 Å². The smallest absolute Gasteiger partial charge is 0.492 e. The summed E-state index contributed by atoms with van der Waals surface area (Å²) < 4.78 is 17.9. The van der Waals surface area contributed by atoms with Crippen LogP contribution in [0.4, 0.5) is 0 Å². The van der Waals surface area contributed by atoms with Crippen LogP contribution < -0.4 is 15.9 Å². The van der Waals surface area contributed by atoms with Gasteiger partial charge >= 0.3 is 7.12 Å². The number of ketones is 1. The highest BCUT2D eigenvalue weighted by atomic mass is 16.7. The summed E-state index contributed by atoms with van der Waals surface area (Å²) in [5.41, 5.74) is 5.93. The molecule has 1 aliphatic carbocycles. The van der Waals surface area contributed by atoms with Gasteiger partial charge in [-0.25, -0.2) is 0 Å². The van der Waals surface area contributed by atoms with Crippen LogP contribution in [0.25, 0.3) is 0 Å². The van der Waals surface area contributed by atoms with Crippen molar-refractivity contribution in [3.63, 3.8) is 0 Å². The lowest BCUT2D eigenvalue weighted by molar-refractivity contribution is -0.117. The summed E-state index contributed by atoms with van der Waals surface area (Å²) in [6.45, 7) is 8.50. The summed E-state index contributed by atoms with van der Waals surface area (Å²) in [5, 5.41) is 0. The van der Waals surface area contributed by atoms with E-state index in [0.717, 1.165) is 11.2 Å². The fourth-order valence-corrected chi connectivity index (χ4v) is 3.01. The highest BCUT2D eigenvalue weighted by molar-refractivity contribution is 6.62. The summed E-state index contributed by atoms with van der Waals surface area (Å²) in [6.07, 6.45) is 1.65. The van der Waals surface area contributed by atoms with Crippen molar-refractivity contribution in [2.24, 2.45) is 5.73 Å². The van der Waals surface area contributed by atoms with Gasteiger partial charge in [-0.3, -0.25) is 4.79 Å². The molecule has 5 nitrogen and oxygen atoms in total. The maximum Gasteiger partial charge on any atom is 0.494 e. The summed E-state index contributed by atoms with van der Waals surface area (Å²) in [4.78, 5) is 11.4. The van der Waals surface area contributed by atoms with Gasteiger partial charge in [-0.05, 0) is 51.7 Å². The molecule has 1 aromatic carbocycles. The highest BCUT2D eigenvalue weighted by Crippen LogP contribution is 2.36. The van der Waals surface area contributed by atoms with Gasteiger partial charge in [0.25, 0.3) is 0 Å². The number of carbonyl (C=O) groups is 1. The molecule has 0 spiro atoms. The molecule has 1 unspecified atom stereocenters. The standard InChI is InChI=1S/C18H26BNO4/c1-16(2)17(3,4)24-19(23-16)13-5-7-15(8-6-13)22-12-18(20)10-9-14(21)11-18/h5-8H,9-12,20H2,1-4H3. The molecule has 2 fully saturated rings. The molecule has 3 rings (SSSR count). The van der Waals surface area contributed by atoms with Crippen LogP contribution in [0, 0.1) is 0 Å². The van der Waals surface area contributed by atoms with E-state index in [-0.39, 0.29) is 24.1 Å². The molecule has 1 atom stereocenters. The lowest BCUT2D eigenvalue weighted by Gasteiger charge is -2.32. The van der Waals surface area contributed by atoms with Gasteiger partial charge in [0.15, 0.2) is 0 Å². The van der Waals surface area contributed by atoms with Crippen molar-refractivity contribution < 1.29 is 18.8 Å². The SMILES string of the molecule is CC1(C)OB(c2ccc(OCC3(N)CCC(=O)C3)cc2)OC1(C)C. The first-order valence-electron chi connectivity index (χ1n) is 8.49. The van der Waals surface area contributed by atoms with E-state index in [1.807, 2.05) is 52.0 Å². The van der Waals surface area contributed by atoms with Gasteiger partial charge in [0, 0.05) is 12.8 Å². The van der Waals surface area contributed by atoms with Crippen LogP contribution in [0.15, 0.2) is 24.3 Å². The van der Waals surface area contributed by atoms with E-state index in [2.05, 4.69) is 0 Å². The molecule has 0 bridgehead atoms. The Hall–Kier alpha value is -1.37. The average Bonchev–Trinajstić information content (AvgIpc) is 2.94. The van der Waals surface area contributed by atoms with E-state index in [1.165, 1.54) is 0 Å². The summed E-state index contributed by atoms with van der Waals surface area (Å²) in [7, 11) is -0.377. The molecule has 1 saturated carbocycles. The minimum absolute atomic E-state index is 0.220. The third-order valence-electron chi connectivity index (χ3n) is 5.38. The maximum atomic E-state index is 11.4. The van der Waals surface area contributed by atoms with Crippen LogP contribution in [0.2, 0.25) is 0 Å². The lowest BCUT2D eigenvalue weighted by atomic mass is 9.79. The Morgan fingerprint density at radius 2 is 1.71 bits per heavy atom. The maximum absolute atomic E-state index is 11.4. The normalized spacial score (nSPS) is 28.4. The Morgan fingerprint density at radius 3 is 2.21 bits per heavy atom. The number of nitrogens with two attached hydrogens (primary N) is 1. The summed E-state index contributed by atoms with van der Waals surface area (Å²) in [6, 6.07) is 7.67. The van der Waals surface area contributed by atoms with Crippen molar-refractivity contribution in [2.75, 3.05) is 6.61 Å². The Kier molecular flexibility index (Phi) is 4.27. The molecule has 1 heterocycles. The zero-order valence-corrected chi connectivity index (χ0v) is 14.9. The van der Waals surface area contributed by atoms with Crippen LogP contribution in [-0.2, 0) is 14.1 Å². The monoisotopic (exact) mass is 331 g/mol. The van der Waals surface area contributed by atoms with E-state index in [0.29, 0.717) is 25.9 Å². The number of benzene rings is 1. The molecule has 1 aliphatic heterocycles. The van der Waals surface area contributed by atoms with Gasteiger partial charge in [0.05, 0.1) is 16.7 Å². The van der Waals surface area contributed by atoms with E-state index >= 15 is 0 Å². The Labute approximate surface area is 144 Å². The van der Waals surface area contributed by atoms with Gasteiger partial charge in [0.2, 0.25) is 0 Å². The number of hydrogen-bond acceptors (Lipinski definition) is 5. The zero-order chi connectivity index (χ0) is 17.6. The van der Waals surface area contributed by atoms with Crippen molar-refractivity contribution >= 4 is 18.4 Å². The van der Waals surface area contributed by atoms with Gasteiger partial charge in [-0.1, -0.05) is 12.1 Å². The third-order valence-corrected chi connectivity index (χ3v) is 5.38. The number of rotatable bonds is 4. The van der Waals surface area contributed by atoms with Gasteiger partial charge in [-0.15, -0.1) is 0 Å². The van der Waals surface area contributed by atoms with Crippen LogP contribution in [-0.4, -0.2) is 36.2 Å². The first-order valence-corrected chi connectivity index (χ1v) is 8.49. The molecule has 6 heteroatoms. The van der Waals surface area contributed by atoms with Crippen LogP contribution >= 0.6 is 0 Å². The van der Waals surface area contributed by atoms with E-state index in [4.69, 9.17) is 19.8 Å².